The number of amides is 1. The van der Waals surface area contributed by atoms with Crippen LogP contribution in [-0.2, 0) is 14.8 Å². The summed E-state index contributed by atoms with van der Waals surface area (Å²) < 4.78 is 39.7. The minimum atomic E-state index is -4.14. The highest BCUT2D eigenvalue weighted by Gasteiger charge is 2.29. The maximum Gasteiger partial charge on any atom is 0.264 e. The van der Waals surface area contributed by atoms with Gasteiger partial charge in [-0.15, -0.1) is 0 Å². The van der Waals surface area contributed by atoms with E-state index in [1.54, 1.807) is 30.3 Å². The van der Waals surface area contributed by atoms with E-state index in [0.29, 0.717) is 26.6 Å². The van der Waals surface area contributed by atoms with Crippen molar-refractivity contribution in [2.75, 3.05) is 30.4 Å². The minimum Gasteiger partial charge on any atom is -0.493 e. The molecule has 0 aliphatic carbocycles. The third kappa shape index (κ3) is 5.84. The predicted molar refractivity (Wildman–Crippen MR) is 138 cm³/mol. The molecule has 7 nitrogen and oxygen atoms in total. The number of rotatable bonds is 8. The quantitative estimate of drug-likeness (QED) is 0.385. The second kappa shape index (κ2) is 10.7. The molecule has 3 aromatic carbocycles. The Labute approximate surface area is 212 Å². The Bertz CT molecular complexity index is 1310. The average Bonchev–Trinajstić information content (AvgIpc) is 2.78. The monoisotopic (exact) mass is 566 g/mol. The number of aryl methyl sites for hydroxylation is 2. The lowest BCUT2D eigenvalue weighted by Crippen LogP contribution is -2.38. The Kier molecular flexibility index (Phi) is 8.12. The molecule has 34 heavy (non-hydrogen) atoms. The average molecular weight is 568 g/mol. The van der Waals surface area contributed by atoms with Crippen molar-refractivity contribution in [1.82, 2.24) is 0 Å². The number of carbonyl (C=O) groups is 1. The molecule has 0 heterocycles. The van der Waals surface area contributed by atoms with Gasteiger partial charge in [-0.2, -0.15) is 0 Å². The topological polar surface area (TPSA) is 84.9 Å². The van der Waals surface area contributed by atoms with Crippen LogP contribution in [-0.4, -0.2) is 35.1 Å². The van der Waals surface area contributed by atoms with Crippen LogP contribution in [0.3, 0.4) is 0 Å². The number of methoxy groups -OCH3 is 2. The number of halogens is 2. The van der Waals surface area contributed by atoms with E-state index in [9.17, 15) is 13.2 Å². The van der Waals surface area contributed by atoms with Crippen molar-refractivity contribution in [2.45, 2.75) is 18.7 Å². The lowest BCUT2D eigenvalue weighted by Gasteiger charge is -2.25. The molecule has 0 bridgehead atoms. The highest BCUT2D eigenvalue weighted by molar-refractivity contribution is 9.10. The Morgan fingerprint density at radius 2 is 1.62 bits per heavy atom. The summed E-state index contributed by atoms with van der Waals surface area (Å²) in [5.41, 5.74) is 2.54. The number of hydrogen-bond donors (Lipinski definition) is 1. The molecule has 0 aliphatic heterocycles. The van der Waals surface area contributed by atoms with Gasteiger partial charge in [0.25, 0.3) is 10.0 Å². The summed E-state index contributed by atoms with van der Waals surface area (Å²) in [7, 11) is -1.26. The SMILES string of the molecule is COc1ccc(S(=O)(=O)N(CC(=O)Nc2ccc(Br)c(Cl)c2)c2cc(C)cc(C)c2)cc1OC. The molecule has 0 radical (unpaired) electrons. The zero-order valence-corrected chi connectivity index (χ0v) is 22.2. The highest BCUT2D eigenvalue weighted by Crippen LogP contribution is 2.33. The van der Waals surface area contributed by atoms with Crippen LogP contribution < -0.4 is 19.1 Å². The third-order valence-corrected chi connectivity index (χ3v) is 7.93. The first-order valence-electron chi connectivity index (χ1n) is 10.1. The fourth-order valence-electron chi connectivity index (χ4n) is 3.42. The molecule has 0 aromatic heterocycles. The van der Waals surface area contributed by atoms with E-state index in [1.165, 1.54) is 32.4 Å². The molecule has 0 atom stereocenters. The summed E-state index contributed by atoms with van der Waals surface area (Å²) in [6, 6.07) is 14.6. The number of anilines is 2. The first kappa shape index (κ1) is 25.9. The van der Waals surface area contributed by atoms with Gasteiger partial charge in [-0.3, -0.25) is 9.10 Å². The van der Waals surface area contributed by atoms with Crippen molar-refractivity contribution >= 4 is 54.8 Å². The van der Waals surface area contributed by atoms with Crippen molar-refractivity contribution in [3.05, 3.63) is 75.2 Å². The molecule has 0 spiro atoms. The third-order valence-electron chi connectivity index (χ3n) is 4.93. The molecule has 1 N–H and O–H groups in total. The van der Waals surface area contributed by atoms with Crippen LogP contribution in [0.2, 0.25) is 5.02 Å². The van der Waals surface area contributed by atoms with E-state index in [-0.39, 0.29) is 10.6 Å². The Hall–Kier alpha value is -2.75. The van der Waals surface area contributed by atoms with Crippen molar-refractivity contribution < 1.29 is 22.7 Å². The van der Waals surface area contributed by atoms with Crippen molar-refractivity contribution in [2.24, 2.45) is 0 Å². The highest BCUT2D eigenvalue weighted by atomic mass is 79.9. The van der Waals surface area contributed by atoms with Crippen LogP contribution in [0, 0.1) is 13.8 Å². The molecule has 3 rings (SSSR count). The first-order valence-corrected chi connectivity index (χ1v) is 12.7. The predicted octanol–water partition coefficient (Wildman–Crippen LogP) is 5.57. The summed E-state index contributed by atoms with van der Waals surface area (Å²) in [4.78, 5) is 12.9. The summed E-state index contributed by atoms with van der Waals surface area (Å²) in [5.74, 6) is 0.128. The normalized spacial score (nSPS) is 11.1. The minimum absolute atomic E-state index is 0.0382. The fraction of sp³-hybridized carbons (Fsp3) is 0.208. The van der Waals surface area contributed by atoms with Crippen LogP contribution in [0.4, 0.5) is 11.4 Å². The van der Waals surface area contributed by atoms with Gasteiger partial charge >= 0.3 is 0 Å². The van der Waals surface area contributed by atoms with Gasteiger partial charge < -0.3 is 14.8 Å². The fourth-order valence-corrected chi connectivity index (χ4v) is 5.27. The van der Waals surface area contributed by atoms with E-state index in [2.05, 4.69) is 21.2 Å². The Morgan fingerprint density at radius 3 is 2.21 bits per heavy atom. The Balaban J connectivity index is 2.03. The molecule has 0 unspecified atom stereocenters. The van der Waals surface area contributed by atoms with Crippen LogP contribution in [0.25, 0.3) is 0 Å². The molecule has 0 saturated heterocycles. The molecule has 10 heteroatoms. The number of nitrogens with one attached hydrogen (secondary N) is 1. The summed E-state index contributed by atoms with van der Waals surface area (Å²) in [6.07, 6.45) is 0. The number of carbonyl (C=O) groups excluding carboxylic acids is 1. The zero-order chi connectivity index (χ0) is 25.0. The molecule has 0 aliphatic rings. The standard InChI is InChI=1S/C24H24BrClN2O5S/c1-15-9-16(2)11-18(10-15)28(14-24(29)27-17-5-7-20(25)21(26)12-17)34(30,31)19-6-8-22(32-3)23(13-19)33-4/h5-13H,14H2,1-4H3,(H,27,29). The molecule has 0 saturated carbocycles. The van der Waals surface area contributed by atoms with E-state index in [0.717, 1.165) is 15.4 Å². The molecular weight excluding hydrogens is 544 g/mol. The lowest BCUT2D eigenvalue weighted by molar-refractivity contribution is -0.114. The summed E-state index contributed by atoms with van der Waals surface area (Å²) in [5, 5.41) is 3.13. The van der Waals surface area contributed by atoms with Crippen molar-refractivity contribution in [3.8, 4) is 11.5 Å². The molecule has 180 valence electrons. The second-order valence-electron chi connectivity index (χ2n) is 7.55. The van der Waals surface area contributed by atoms with Crippen LogP contribution in [0.1, 0.15) is 11.1 Å². The molecule has 3 aromatic rings. The van der Waals surface area contributed by atoms with Gasteiger partial charge in [-0.25, -0.2) is 8.42 Å². The zero-order valence-electron chi connectivity index (χ0n) is 19.1. The van der Waals surface area contributed by atoms with E-state index >= 15 is 0 Å². The van der Waals surface area contributed by atoms with Crippen LogP contribution >= 0.6 is 27.5 Å². The maximum absolute atomic E-state index is 13.7. The van der Waals surface area contributed by atoms with Gasteiger partial charge in [0.1, 0.15) is 6.54 Å². The van der Waals surface area contributed by atoms with Gasteiger partial charge in [-0.1, -0.05) is 17.7 Å². The van der Waals surface area contributed by atoms with E-state index < -0.39 is 22.5 Å². The lowest BCUT2D eigenvalue weighted by atomic mass is 10.1. The molecule has 0 fully saturated rings. The number of nitrogens with zero attached hydrogens (tertiary/aromatic N) is 1. The van der Waals surface area contributed by atoms with Crippen molar-refractivity contribution in [3.63, 3.8) is 0 Å². The van der Waals surface area contributed by atoms with Gasteiger partial charge in [-0.05, 0) is 83.4 Å². The largest absolute Gasteiger partial charge is 0.493 e. The van der Waals surface area contributed by atoms with Gasteiger partial charge in [0, 0.05) is 16.2 Å². The summed E-state index contributed by atoms with van der Waals surface area (Å²) in [6.45, 7) is 3.27. The number of hydrogen-bond acceptors (Lipinski definition) is 5. The van der Waals surface area contributed by atoms with Crippen LogP contribution in [0.5, 0.6) is 11.5 Å². The van der Waals surface area contributed by atoms with Gasteiger partial charge in [0.05, 0.1) is 29.8 Å². The van der Waals surface area contributed by atoms with Gasteiger partial charge in [0.2, 0.25) is 5.91 Å². The summed E-state index contributed by atoms with van der Waals surface area (Å²) >= 11 is 9.42. The smallest absolute Gasteiger partial charge is 0.264 e. The van der Waals surface area contributed by atoms with Crippen molar-refractivity contribution in [1.29, 1.82) is 0 Å². The van der Waals surface area contributed by atoms with E-state index in [4.69, 9.17) is 21.1 Å². The first-order chi connectivity index (χ1) is 16.0. The number of ether oxygens (including phenoxy) is 2. The van der Waals surface area contributed by atoms with Gasteiger partial charge in [0.15, 0.2) is 11.5 Å². The van der Waals surface area contributed by atoms with Crippen LogP contribution in [0.15, 0.2) is 64.0 Å². The second-order valence-corrected chi connectivity index (χ2v) is 10.7. The molecule has 1 amide bonds. The van der Waals surface area contributed by atoms with E-state index in [1.807, 2.05) is 19.9 Å². The maximum atomic E-state index is 13.7. The number of sulfonamides is 1. The number of benzene rings is 3. The molecular formula is C24H24BrClN2O5S. The Morgan fingerprint density at radius 1 is 0.971 bits per heavy atom.